The van der Waals surface area contributed by atoms with E-state index in [1.165, 1.54) is 5.56 Å². The van der Waals surface area contributed by atoms with E-state index in [9.17, 15) is 4.79 Å². The van der Waals surface area contributed by atoms with Crippen molar-refractivity contribution in [3.63, 3.8) is 0 Å². The molecule has 1 aromatic carbocycles. The molecule has 1 atom stereocenters. The maximum absolute atomic E-state index is 12.1. The van der Waals surface area contributed by atoms with Crippen LogP contribution < -0.4 is 14.8 Å². The Balaban J connectivity index is 2.33. The van der Waals surface area contributed by atoms with Gasteiger partial charge in [-0.1, -0.05) is 0 Å². The van der Waals surface area contributed by atoms with Gasteiger partial charge in [0.05, 0.1) is 26.8 Å². The van der Waals surface area contributed by atoms with Crippen molar-refractivity contribution in [1.82, 2.24) is 10.2 Å². The lowest BCUT2D eigenvalue weighted by Crippen LogP contribution is -2.42. The Hall–Kier alpha value is -1.75. The minimum atomic E-state index is 0.0550. The summed E-state index contributed by atoms with van der Waals surface area (Å²) in [6, 6.07) is 4.06. The van der Waals surface area contributed by atoms with E-state index in [1.807, 2.05) is 17.0 Å². The highest BCUT2D eigenvalue weighted by Gasteiger charge is 2.28. The number of methoxy groups -OCH3 is 2. The largest absolute Gasteiger partial charge is 0.493 e. The molecule has 1 aliphatic rings. The lowest BCUT2D eigenvalue weighted by atomic mass is 9.92. The zero-order chi connectivity index (χ0) is 14.7. The van der Waals surface area contributed by atoms with Crippen molar-refractivity contribution in [2.75, 3.05) is 34.4 Å². The molecular formula is C15H22N2O3. The summed E-state index contributed by atoms with van der Waals surface area (Å²) in [5.74, 6) is 1.58. The first-order valence-electron chi connectivity index (χ1n) is 6.81. The molecule has 110 valence electrons. The Morgan fingerprint density at radius 2 is 2.00 bits per heavy atom. The predicted octanol–water partition coefficient (Wildman–Crippen LogP) is 1.37. The van der Waals surface area contributed by atoms with Crippen LogP contribution in [0.25, 0.3) is 0 Å². The highest BCUT2D eigenvalue weighted by atomic mass is 16.5. The SMILES string of the molecule is CNCC(=O)N1CCc2cc(OC)c(OC)cc2[C@H]1C. The van der Waals surface area contributed by atoms with E-state index < -0.39 is 0 Å². The van der Waals surface area contributed by atoms with E-state index in [-0.39, 0.29) is 11.9 Å². The number of nitrogens with one attached hydrogen (secondary N) is 1. The van der Waals surface area contributed by atoms with Crippen molar-refractivity contribution >= 4 is 5.91 Å². The molecule has 0 aromatic heterocycles. The average molecular weight is 278 g/mol. The second kappa shape index (κ2) is 6.13. The van der Waals surface area contributed by atoms with E-state index in [0.29, 0.717) is 12.3 Å². The molecule has 0 saturated carbocycles. The Morgan fingerprint density at radius 3 is 2.60 bits per heavy atom. The summed E-state index contributed by atoms with van der Waals surface area (Å²) in [4.78, 5) is 14.0. The third kappa shape index (κ3) is 2.58. The summed E-state index contributed by atoms with van der Waals surface area (Å²) >= 11 is 0. The van der Waals surface area contributed by atoms with Gasteiger partial charge >= 0.3 is 0 Å². The van der Waals surface area contributed by atoms with Crippen molar-refractivity contribution in [1.29, 1.82) is 0 Å². The topological polar surface area (TPSA) is 50.8 Å². The first kappa shape index (κ1) is 14.7. The number of nitrogens with zero attached hydrogens (tertiary/aromatic N) is 1. The second-order valence-electron chi connectivity index (χ2n) is 4.95. The van der Waals surface area contributed by atoms with Crippen molar-refractivity contribution in [2.24, 2.45) is 0 Å². The molecule has 1 aliphatic heterocycles. The fraction of sp³-hybridized carbons (Fsp3) is 0.533. The predicted molar refractivity (Wildman–Crippen MR) is 77.3 cm³/mol. The maximum atomic E-state index is 12.1. The van der Waals surface area contributed by atoms with Crippen LogP contribution in [0.5, 0.6) is 11.5 Å². The molecule has 0 aliphatic carbocycles. The molecule has 20 heavy (non-hydrogen) atoms. The van der Waals surface area contributed by atoms with Crippen LogP contribution in [0, 0.1) is 0 Å². The Kier molecular flexibility index (Phi) is 4.49. The van der Waals surface area contributed by atoms with Gasteiger partial charge in [0.15, 0.2) is 11.5 Å². The van der Waals surface area contributed by atoms with Gasteiger partial charge in [-0.05, 0) is 43.7 Å². The van der Waals surface area contributed by atoms with E-state index in [0.717, 1.165) is 24.3 Å². The van der Waals surface area contributed by atoms with Crippen LogP contribution in [-0.2, 0) is 11.2 Å². The molecule has 1 N–H and O–H groups in total. The van der Waals surface area contributed by atoms with E-state index in [4.69, 9.17) is 9.47 Å². The second-order valence-corrected chi connectivity index (χ2v) is 4.95. The van der Waals surface area contributed by atoms with E-state index in [1.54, 1.807) is 21.3 Å². The monoisotopic (exact) mass is 278 g/mol. The van der Waals surface area contributed by atoms with Gasteiger partial charge in [0.1, 0.15) is 0 Å². The number of benzene rings is 1. The van der Waals surface area contributed by atoms with Gasteiger partial charge in [0, 0.05) is 6.54 Å². The van der Waals surface area contributed by atoms with Crippen LogP contribution in [0.2, 0.25) is 0 Å². The van der Waals surface area contributed by atoms with Gasteiger partial charge in [-0.25, -0.2) is 0 Å². The highest BCUT2D eigenvalue weighted by Crippen LogP contribution is 2.37. The number of ether oxygens (including phenoxy) is 2. The highest BCUT2D eigenvalue weighted by molar-refractivity contribution is 5.79. The van der Waals surface area contributed by atoms with Crippen molar-refractivity contribution in [3.8, 4) is 11.5 Å². The van der Waals surface area contributed by atoms with Crippen LogP contribution in [0.3, 0.4) is 0 Å². The van der Waals surface area contributed by atoms with Gasteiger partial charge in [0.2, 0.25) is 5.91 Å². The lowest BCUT2D eigenvalue weighted by molar-refractivity contribution is -0.132. The molecule has 0 fully saturated rings. The third-order valence-electron chi connectivity index (χ3n) is 3.83. The first-order chi connectivity index (χ1) is 9.62. The van der Waals surface area contributed by atoms with Gasteiger partial charge < -0.3 is 19.7 Å². The number of hydrogen-bond acceptors (Lipinski definition) is 4. The smallest absolute Gasteiger partial charge is 0.237 e. The number of hydrogen-bond donors (Lipinski definition) is 1. The molecule has 2 rings (SSSR count). The van der Waals surface area contributed by atoms with Gasteiger partial charge in [0.25, 0.3) is 0 Å². The minimum Gasteiger partial charge on any atom is -0.493 e. The number of carbonyl (C=O) groups is 1. The number of amides is 1. The molecule has 1 aromatic rings. The number of rotatable bonds is 4. The molecule has 0 spiro atoms. The molecule has 0 radical (unpaired) electrons. The fourth-order valence-corrected chi connectivity index (χ4v) is 2.74. The molecule has 1 amide bonds. The van der Waals surface area contributed by atoms with Crippen LogP contribution in [0.1, 0.15) is 24.1 Å². The molecule has 5 heteroatoms. The summed E-state index contributed by atoms with van der Waals surface area (Å²) in [7, 11) is 5.05. The Bertz CT molecular complexity index is 502. The summed E-state index contributed by atoms with van der Waals surface area (Å²) in [5.41, 5.74) is 2.36. The summed E-state index contributed by atoms with van der Waals surface area (Å²) in [6.45, 7) is 3.16. The summed E-state index contributed by atoms with van der Waals surface area (Å²) in [5, 5.41) is 2.91. The fourth-order valence-electron chi connectivity index (χ4n) is 2.74. The van der Waals surface area contributed by atoms with Crippen LogP contribution in [0.15, 0.2) is 12.1 Å². The van der Waals surface area contributed by atoms with E-state index in [2.05, 4.69) is 12.2 Å². The lowest BCUT2D eigenvalue weighted by Gasteiger charge is -2.35. The average Bonchev–Trinajstić information content (AvgIpc) is 2.46. The van der Waals surface area contributed by atoms with Crippen LogP contribution >= 0.6 is 0 Å². The van der Waals surface area contributed by atoms with Crippen molar-refractivity contribution in [2.45, 2.75) is 19.4 Å². The van der Waals surface area contributed by atoms with Crippen LogP contribution in [-0.4, -0.2) is 45.2 Å². The van der Waals surface area contributed by atoms with E-state index >= 15 is 0 Å². The Morgan fingerprint density at radius 1 is 1.35 bits per heavy atom. The van der Waals surface area contributed by atoms with Crippen molar-refractivity contribution < 1.29 is 14.3 Å². The van der Waals surface area contributed by atoms with Gasteiger partial charge in [-0.3, -0.25) is 4.79 Å². The Labute approximate surface area is 119 Å². The summed E-state index contributed by atoms with van der Waals surface area (Å²) < 4.78 is 10.7. The van der Waals surface area contributed by atoms with Gasteiger partial charge in [-0.2, -0.15) is 0 Å². The molecule has 0 unspecified atom stereocenters. The van der Waals surface area contributed by atoms with Gasteiger partial charge in [-0.15, -0.1) is 0 Å². The zero-order valence-corrected chi connectivity index (χ0v) is 12.5. The zero-order valence-electron chi connectivity index (χ0n) is 12.5. The number of likely N-dealkylation sites (N-methyl/N-ethyl adjacent to an activating group) is 1. The number of carbonyl (C=O) groups excluding carboxylic acids is 1. The first-order valence-corrected chi connectivity index (χ1v) is 6.81. The third-order valence-corrected chi connectivity index (χ3v) is 3.83. The molecule has 0 saturated heterocycles. The molecule has 5 nitrogen and oxygen atoms in total. The summed E-state index contributed by atoms with van der Waals surface area (Å²) in [6.07, 6.45) is 0.843. The van der Waals surface area contributed by atoms with Crippen LogP contribution in [0.4, 0.5) is 0 Å². The molecule has 1 heterocycles. The standard InChI is InChI=1S/C15H22N2O3/c1-10-12-8-14(20-4)13(19-3)7-11(12)5-6-17(10)15(18)9-16-2/h7-8,10,16H,5-6,9H2,1-4H3/t10-/m1/s1. The molecular weight excluding hydrogens is 256 g/mol. The minimum absolute atomic E-state index is 0.0550. The van der Waals surface area contributed by atoms with Crippen molar-refractivity contribution in [3.05, 3.63) is 23.3 Å². The normalized spacial score (nSPS) is 17.6. The quantitative estimate of drug-likeness (QED) is 0.904. The number of fused-ring (bicyclic) bond motifs is 1. The molecule has 0 bridgehead atoms. The maximum Gasteiger partial charge on any atom is 0.237 e.